The van der Waals surface area contributed by atoms with Crippen LogP contribution in [0.2, 0.25) is 0 Å². The van der Waals surface area contributed by atoms with Crippen molar-refractivity contribution in [3.8, 4) is 0 Å². The standard InChI is InChI=1S/C10H12ClNS/c11-6-7-13-10-5-4-8-2-1-3-9(8)12-10/h4-5H,1-3,6-7H2. The smallest absolute Gasteiger partial charge is 0.0963 e. The van der Waals surface area contributed by atoms with Crippen LogP contribution in [0.5, 0.6) is 0 Å². The molecule has 0 saturated heterocycles. The molecule has 70 valence electrons. The number of rotatable bonds is 3. The molecule has 1 aliphatic carbocycles. The predicted octanol–water partition coefficient (Wildman–Crippen LogP) is 2.90. The highest BCUT2D eigenvalue weighted by Crippen LogP contribution is 2.24. The fourth-order valence-corrected chi connectivity index (χ4v) is 2.48. The number of nitrogens with zero attached hydrogens (tertiary/aromatic N) is 1. The van der Waals surface area contributed by atoms with Gasteiger partial charge in [-0.15, -0.1) is 23.4 Å². The largest absolute Gasteiger partial charge is 0.246 e. The lowest BCUT2D eigenvalue weighted by Crippen LogP contribution is -1.90. The lowest BCUT2D eigenvalue weighted by Gasteiger charge is -2.01. The molecule has 1 nitrogen and oxygen atoms in total. The maximum atomic E-state index is 5.62. The van der Waals surface area contributed by atoms with Crippen molar-refractivity contribution in [1.82, 2.24) is 4.98 Å². The molecule has 1 aliphatic rings. The maximum Gasteiger partial charge on any atom is 0.0963 e. The summed E-state index contributed by atoms with van der Waals surface area (Å²) in [6.07, 6.45) is 3.64. The second-order valence-electron chi connectivity index (χ2n) is 3.15. The lowest BCUT2D eigenvalue weighted by molar-refractivity contribution is 0.891. The normalized spacial score (nSPS) is 14.5. The summed E-state index contributed by atoms with van der Waals surface area (Å²) in [5, 5.41) is 1.13. The van der Waals surface area contributed by atoms with Crippen LogP contribution in [-0.4, -0.2) is 16.6 Å². The summed E-state index contributed by atoms with van der Waals surface area (Å²) < 4.78 is 0. The van der Waals surface area contributed by atoms with Crippen molar-refractivity contribution in [2.75, 3.05) is 11.6 Å². The van der Waals surface area contributed by atoms with Gasteiger partial charge in [-0.1, -0.05) is 6.07 Å². The SMILES string of the molecule is ClCCSc1ccc2c(n1)CCC2. The highest BCUT2D eigenvalue weighted by atomic mass is 35.5. The van der Waals surface area contributed by atoms with Crippen molar-refractivity contribution in [2.45, 2.75) is 24.3 Å². The molecule has 0 N–H and O–H groups in total. The summed E-state index contributed by atoms with van der Waals surface area (Å²) >= 11 is 7.36. The van der Waals surface area contributed by atoms with Crippen LogP contribution in [-0.2, 0) is 12.8 Å². The van der Waals surface area contributed by atoms with Crippen LogP contribution in [0.15, 0.2) is 17.2 Å². The van der Waals surface area contributed by atoms with Gasteiger partial charge in [0.2, 0.25) is 0 Å². The van der Waals surface area contributed by atoms with Crippen LogP contribution in [0.25, 0.3) is 0 Å². The number of fused-ring (bicyclic) bond motifs is 1. The molecule has 0 radical (unpaired) electrons. The van der Waals surface area contributed by atoms with E-state index in [1.165, 1.54) is 24.1 Å². The van der Waals surface area contributed by atoms with Crippen LogP contribution in [0, 0.1) is 0 Å². The third kappa shape index (κ3) is 2.18. The summed E-state index contributed by atoms with van der Waals surface area (Å²) in [6, 6.07) is 4.33. The van der Waals surface area contributed by atoms with Gasteiger partial charge in [0.25, 0.3) is 0 Å². The molecule has 0 atom stereocenters. The first-order valence-electron chi connectivity index (χ1n) is 4.58. The number of aromatic nitrogens is 1. The quantitative estimate of drug-likeness (QED) is 0.566. The average Bonchev–Trinajstić information content (AvgIpc) is 2.61. The number of alkyl halides is 1. The Morgan fingerprint density at radius 1 is 1.38 bits per heavy atom. The van der Waals surface area contributed by atoms with Gasteiger partial charge in [0.05, 0.1) is 5.03 Å². The summed E-state index contributed by atoms with van der Waals surface area (Å²) in [5.41, 5.74) is 2.75. The number of pyridine rings is 1. The van der Waals surface area contributed by atoms with Crippen LogP contribution in [0.1, 0.15) is 17.7 Å². The van der Waals surface area contributed by atoms with Gasteiger partial charge < -0.3 is 0 Å². The highest BCUT2D eigenvalue weighted by Gasteiger charge is 2.12. The molecular formula is C10H12ClNS. The monoisotopic (exact) mass is 213 g/mol. The third-order valence-corrected chi connectivity index (χ3v) is 3.57. The van der Waals surface area contributed by atoms with Gasteiger partial charge in [-0.05, 0) is 30.9 Å². The van der Waals surface area contributed by atoms with E-state index in [9.17, 15) is 0 Å². The summed E-state index contributed by atoms with van der Waals surface area (Å²) in [7, 11) is 0. The van der Waals surface area contributed by atoms with Crippen molar-refractivity contribution in [2.24, 2.45) is 0 Å². The van der Waals surface area contributed by atoms with Gasteiger partial charge in [-0.2, -0.15) is 0 Å². The third-order valence-electron chi connectivity index (χ3n) is 2.23. The van der Waals surface area contributed by atoms with Crippen molar-refractivity contribution < 1.29 is 0 Å². The van der Waals surface area contributed by atoms with E-state index in [0.717, 1.165) is 17.2 Å². The Morgan fingerprint density at radius 3 is 3.15 bits per heavy atom. The molecule has 0 bridgehead atoms. The van der Waals surface area contributed by atoms with E-state index in [4.69, 9.17) is 11.6 Å². The van der Waals surface area contributed by atoms with Crippen LogP contribution in [0.3, 0.4) is 0 Å². The Kier molecular flexibility index (Phi) is 3.12. The predicted molar refractivity (Wildman–Crippen MR) is 57.7 cm³/mol. The zero-order valence-corrected chi connectivity index (χ0v) is 9.00. The van der Waals surface area contributed by atoms with E-state index in [2.05, 4.69) is 17.1 Å². The van der Waals surface area contributed by atoms with Gasteiger partial charge in [-0.3, -0.25) is 0 Å². The Labute approximate surface area is 87.9 Å². The number of halogens is 1. The second kappa shape index (κ2) is 4.34. The lowest BCUT2D eigenvalue weighted by atomic mass is 10.2. The summed E-state index contributed by atoms with van der Waals surface area (Å²) in [6.45, 7) is 0. The van der Waals surface area contributed by atoms with Crippen molar-refractivity contribution in [1.29, 1.82) is 0 Å². The first kappa shape index (κ1) is 9.35. The Morgan fingerprint density at radius 2 is 2.31 bits per heavy atom. The van der Waals surface area contributed by atoms with Crippen LogP contribution >= 0.6 is 23.4 Å². The molecule has 1 aromatic heterocycles. The molecule has 1 heterocycles. The zero-order valence-electron chi connectivity index (χ0n) is 7.42. The Hall–Kier alpha value is -0.210. The number of hydrogen-bond acceptors (Lipinski definition) is 2. The molecule has 0 aliphatic heterocycles. The minimum Gasteiger partial charge on any atom is -0.246 e. The molecule has 0 amide bonds. The fraction of sp³-hybridized carbons (Fsp3) is 0.500. The molecule has 0 saturated carbocycles. The van der Waals surface area contributed by atoms with Gasteiger partial charge in [0, 0.05) is 17.3 Å². The molecule has 0 fully saturated rings. The van der Waals surface area contributed by atoms with Gasteiger partial charge >= 0.3 is 0 Å². The zero-order chi connectivity index (χ0) is 9.10. The number of hydrogen-bond donors (Lipinski definition) is 0. The second-order valence-corrected chi connectivity index (χ2v) is 4.64. The number of aryl methyl sites for hydroxylation is 2. The van der Waals surface area contributed by atoms with Gasteiger partial charge in [0.1, 0.15) is 0 Å². The molecule has 1 aromatic rings. The Balaban J connectivity index is 2.12. The molecule has 0 aromatic carbocycles. The highest BCUT2D eigenvalue weighted by molar-refractivity contribution is 7.99. The van der Waals surface area contributed by atoms with E-state index in [0.29, 0.717) is 5.88 Å². The van der Waals surface area contributed by atoms with Crippen molar-refractivity contribution in [3.63, 3.8) is 0 Å². The summed E-state index contributed by atoms with van der Waals surface area (Å²) in [4.78, 5) is 4.60. The van der Waals surface area contributed by atoms with Gasteiger partial charge in [-0.25, -0.2) is 4.98 Å². The van der Waals surface area contributed by atoms with Gasteiger partial charge in [0.15, 0.2) is 0 Å². The minimum absolute atomic E-state index is 0.698. The van der Waals surface area contributed by atoms with E-state index in [1.807, 2.05) is 0 Å². The van der Waals surface area contributed by atoms with E-state index in [-0.39, 0.29) is 0 Å². The van der Waals surface area contributed by atoms with E-state index >= 15 is 0 Å². The van der Waals surface area contributed by atoms with Crippen LogP contribution < -0.4 is 0 Å². The topological polar surface area (TPSA) is 12.9 Å². The average molecular weight is 214 g/mol. The first-order valence-corrected chi connectivity index (χ1v) is 6.10. The Bertz CT molecular complexity index is 301. The summed E-state index contributed by atoms with van der Waals surface area (Å²) in [5.74, 6) is 1.65. The molecule has 0 spiro atoms. The van der Waals surface area contributed by atoms with Crippen LogP contribution in [0.4, 0.5) is 0 Å². The molecule has 3 heteroatoms. The van der Waals surface area contributed by atoms with Crippen molar-refractivity contribution >= 4 is 23.4 Å². The molecule has 13 heavy (non-hydrogen) atoms. The molecule has 0 unspecified atom stereocenters. The first-order chi connectivity index (χ1) is 6.40. The minimum atomic E-state index is 0.698. The van der Waals surface area contributed by atoms with E-state index < -0.39 is 0 Å². The van der Waals surface area contributed by atoms with E-state index in [1.54, 1.807) is 11.8 Å². The number of thioether (sulfide) groups is 1. The molecule has 2 rings (SSSR count). The fourth-order valence-electron chi connectivity index (χ4n) is 1.62. The molecular weight excluding hydrogens is 202 g/mol. The maximum absolute atomic E-state index is 5.62. The van der Waals surface area contributed by atoms with Crippen molar-refractivity contribution in [3.05, 3.63) is 23.4 Å².